The average Bonchev–Trinajstić information content (AvgIpc) is 3.11. The summed E-state index contributed by atoms with van der Waals surface area (Å²) in [5.74, 6) is 0.809. The van der Waals surface area contributed by atoms with Crippen molar-refractivity contribution in [2.24, 2.45) is 22.8 Å². The van der Waals surface area contributed by atoms with E-state index in [9.17, 15) is 0 Å². The van der Waals surface area contributed by atoms with E-state index >= 15 is 0 Å². The Hall–Kier alpha value is -4.26. The molecule has 10 nitrogen and oxygen atoms in total. The average molecular weight is 419 g/mol. The standard InChI is InChI=1S/C21H26N10/c1-5-8-31(18-11-26-17(10-22)9-15(18)2)14-29-21-20(28-13-30(21)4)16(3)25-7-6-19(24)27-12-23/h6-7,9,11-14,25H,3,5,8H2,1-2,4H3,(H3,23,24,27)/b7-6+,29-14?. The van der Waals surface area contributed by atoms with Crippen LogP contribution in [0.15, 0.2) is 47.4 Å². The van der Waals surface area contributed by atoms with Gasteiger partial charge in [-0.15, -0.1) is 0 Å². The zero-order valence-electron chi connectivity index (χ0n) is 17.9. The molecular formula is C21H26N10. The molecule has 0 saturated heterocycles. The second kappa shape index (κ2) is 11.1. The van der Waals surface area contributed by atoms with Gasteiger partial charge in [0, 0.05) is 19.8 Å². The Morgan fingerprint density at radius 2 is 2.26 bits per heavy atom. The lowest BCUT2D eigenvalue weighted by molar-refractivity contribution is 0.894. The molecule has 31 heavy (non-hydrogen) atoms. The van der Waals surface area contributed by atoms with Crippen LogP contribution >= 0.6 is 0 Å². The van der Waals surface area contributed by atoms with Crippen LogP contribution in [0.25, 0.3) is 5.70 Å². The number of hydrogen-bond acceptors (Lipinski definition) is 6. The van der Waals surface area contributed by atoms with Gasteiger partial charge in [0.05, 0.1) is 30.2 Å². The van der Waals surface area contributed by atoms with E-state index < -0.39 is 0 Å². The van der Waals surface area contributed by atoms with Crippen molar-refractivity contribution in [1.82, 2.24) is 19.9 Å². The molecule has 2 aromatic heterocycles. The number of nitrogens with one attached hydrogen (secondary N) is 2. The summed E-state index contributed by atoms with van der Waals surface area (Å²) in [4.78, 5) is 18.8. The minimum Gasteiger partial charge on any atom is -0.384 e. The van der Waals surface area contributed by atoms with Crippen LogP contribution < -0.4 is 16.0 Å². The maximum absolute atomic E-state index is 9.05. The lowest BCUT2D eigenvalue weighted by Crippen LogP contribution is -2.23. The van der Waals surface area contributed by atoms with Gasteiger partial charge in [0.15, 0.2) is 5.82 Å². The fraction of sp³-hybridized carbons (Fsp3) is 0.238. The normalized spacial score (nSPS) is 11.6. The number of aryl methyl sites for hydroxylation is 2. The molecule has 0 spiro atoms. The zero-order chi connectivity index (χ0) is 22.8. The molecule has 0 bridgehead atoms. The Labute approximate surface area is 181 Å². The van der Waals surface area contributed by atoms with Crippen LogP contribution in [0.2, 0.25) is 0 Å². The number of aromatic nitrogens is 3. The number of nitrogens with zero attached hydrogens (tertiary/aromatic N) is 7. The van der Waals surface area contributed by atoms with Crippen molar-refractivity contribution < 1.29 is 0 Å². The fourth-order valence-electron chi connectivity index (χ4n) is 2.72. The molecule has 160 valence electrons. The first-order valence-corrected chi connectivity index (χ1v) is 9.54. The van der Waals surface area contributed by atoms with Gasteiger partial charge in [-0.05, 0) is 31.1 Å². The van der Waals surface area contributed by atoms with Gasteiger partial charge in [0.2, 0.25) is 0 Å². The summed E-state index contributed by atoms with van der Waals surface area (Å²) in [6.45, 7) is 8.76. The number of aliphatic imine (C=N–C) groups is 2. The largest absolute Gasteiger partial charge is 0.384 e. The number of rotatable bonds is 10. The summed E-state index contributed by atoms with van der Waals surface area (Å²) in [6, 6.07) is 3.81. The fourth-order valence-corrected chi connectivity index (χ4v) is 2.72. The molecule has 0 amide bonds. The maximum Gasteiger partial charge on any atom is 0.163 e. The van der Waals surface area contributed by atoms with Crippen LogP contribution in [0.3, 0.4) is 0 Å². The highest BCUT2D eigenvalue weighted by atomic mass is 15.2. The maximum atomic E-state index is 9.05. The Morgan fingerprint density at radius 1 is 1.48 bits per heavy atom. The SMILES string of the molecule is C=C(N/C=C/C(N)=NC=N)c1ncn(C)c1N=CN(CCC)c1cnc(C#N)cc1C. The molecule has 0 aliphatic heterocycles. The van der Waals surface area contributed by atoms with Crippen molar-refractivity contribution in [2.45, 2.75) is 20.3 Å². The molecule has 2 rings (SSSR count). The summed E-state index contributed by atoms with van der Waals surface area (Å²) in [7, 11) is 1.85. The number of hydrogen-bond donors (Lipinski definition) is 3. The molecule has 0 atom stereocenters. The number of nitriles is 1. The second-order valence-electron chi connectivity index (χ2n) is 6.57. The van der Waals surface area contributed by atoms with Crippen LogP contribution in [0.1, 0.15) is 30.3 Å². The van der Waals surface area contributed by atoms with E-state index in [1.165, 1.54) is 6.08 Å². The van der Waals surface area contributed by atoms with Crippen molar-refractivity contribution in [3.8, 4) is 6.07 Å². The molecule has 0 aliphatic rings. The van der Waals surface area contributed by atoms with E-state index in [0.717, 1.165) is 30.6 Å². The topological polar surface area (TPSA) is 144 Å². The molecule has 2 heterocycles. The third kappa shape index (κ3) is 6.11. The van der Waals surface area contributed by atoms with Gasteiger partial charge >= 0.3 is 0 Å². The summed E-state index contributed by atoms with van der Waals surface area (Å²) < 4.78 is 1.79. The number of nitrogens with two attached hydrogens (primary N) is 1. The lowest BCUT2D eigenvalue weighted by atomic mass is 10.2. The highest BCUT2D eigenvalue weighted by Crippen LogP contribution is 2.23. The Morgan fingerprint density at radius 3 is 2.90 bits per heavy atom. The third-order valence-corrected chi connectivity index (χ3v) is 4.21. The molecule has 0 radical (unpaired) electrons. The third-order valence-electron chi connectivity index (χ3n) is 4.21. The number of pyridine rings is 1. The van der Waals surface area contributed by atoms with E-state index in [-0.39, 0.29) is 5.84 Å². The van der Waals surface area contributed by atoms with Crippen LogP contribution in [0.4, 0.5) is 11.5 Å². The summed E-state index contributed by atoms with van der Waals surface area (Å²) in [5, 5.41) is 19.0. The van der Waals surface area contributed by atoms with E-state index in [1.54, 1.807) is 35.7 Å². The van der Waals surface area contributed by atoms with Gasteiger partial charge in [-0.3, -0.25) is 5.41 Å². The Bertz CT molecular complexity index is 1070. The molecule has 0 fully saturated rings. The second-order valence-corrected chi connectivity index (χ2v) is 6.57. The molecule has 0 unspecified atom stereocenters. The van der Waals surface area contributed by atoms with Gasteiger partial charge in [-0.1, -0.05) is 13.5 Å². The predicted octanol–water partition coefficient (Wildman–Crippen LogP) is 2.61. The van der Waals surface area contributed by atoms with E-state index in [1.807, 2.05) is 18.9 Å². The zero-order valence-corrected chi connectivity index (χ0v) is 17.9. The summed E-state index contributed by atoms with van der Waals surface area (Å²) in [5.41, 5.74) is 8.93. The van der Waals surface area contributed by atoms with Gasteiger partial charge < -0.3 is 20.5 Å². The number of amidine groups is 1. The Balaban J connectivity index is 2.27. The molecule has 2 aromatic rings. The minimum absolute atomic E-state index is 0.191. The first-order valence-electron chi connectivity index (χ1n) is 9.54. The smallest absolute Gasteiger partial charge is 0.163 e. The van der Waals surface area contributed by atoms with Crippen molar-refractivity contribution in [3.63, 3.8) is 0 Å². The number of imidazole rings is 1. The van der Waals surface area contributed by atoms with Crippen molar-refractivity contribution in [1.29, 1.82) is 10.7 Å². The highest BCUT2D eigenvalue weighted by molar-refractivity contribution is 5.95. The molecule has 10 heteroatoms. The Kier molecular flexibility index (Phi) is 8.22. The van der Waals surface area contributed by atoms with E-state index in [4.69, 9.17) is 16.4 Å². The molecule has 0 aliphatic carbocycles. The molecular weight excluding hydrogens is 392 g/mol. The van der Waals surface area contributed by atoms with Crippen LogP contribution in [0, 0.1) is 23.7 Å². The molecule has 4 N–H and O–H groups in total. The van der Waals surface area contributed by atoms with E-state index in [0.29, 0.717) is 22.9 Å². The molecule has 0 aromatic carbocycles. The quantitative estimate of drug-likeness (QED) is 0.399. The van der Waals surface area contributed by atoms with Crippen molar-refractivity contribution >= 4 is 35.7 Å². The number of anilines is 1. The van der Waals surface area contributed by atoms with Crippen LogP contribution in [-0.2, 0) is 7.05 Å². The minimum atomic E-state index is 0.191. The predicted molar refractivity (Wildman–Crippen MR) is 124 cm³/mol. The van der Waals surface area contributed by atoms with E-state index in [2.05, 4.69) is 44.8 Å². The van der Waals surface area contributed by atoms with Gasteiger partial charge in [-0.25, -0.2) is 20.0 Å². The summed E-state index contributed by atoms with van der Waals surface area (Å²) in [6.07, 6.45) is 9.94. The summed E-state index contributed by atoms with van der Waals surface area (Å²) >= 11 is 0. The van der Waals surface area contributed by atoms with Crippen molar-refractivity contribution in [3.05, 3.63) is 54.4 Å². The first kappa shape index (κ1) is 23.0. The van der Waals surface area contributed by atoms with Gasteiger partial charge in [0.25, 0.3) is 0 Å². The highest BCUT2D eigenvalue weighted by Gasteiger charge is 2.12. The first-order chi connectivity index (χ1) is 14.9. The van der Waals surface area contributed by atoms with Crippen molar-refractivity contribution in [2.75, 3.05) is 11.4 Å². The van der Waals surface area contributed by atoms with Crippen LogP contribution in [-0.4, -0.2) is 39.6 Å². The van der Waals surface area contributed by atoms with Gasteiger partial charge in [0.1, 0.15) is 29.6 Å². The monoisotopic (exact) mass is 418 g/mol. The molecule has 0 saturated carbocycles. The lowest BCUT2D eigenvalue weighted by Gasteiger charge is -2.20. The van der Waals surface area contributed by atoms with Gasteiger partial charge in [-0.2, -0.15) is 5.26 Å². The van der Waals surface area contributed by atoms with Crippen LogP contribution in [0.5, 0.6) is 0 Å².